The van der Waals surface area contributed by atoms with Crippen LogP contribution >= 0.6 is 22.9 Å². The van der Waals surface area contributed by atoms with Crippen LogP contribution in [0.4, 0.5) is 0 Å². The standard InChI is InChI=1S/C41H42ClN7O6S/c1-22-23(2)56-41-34(22)36(26-14-17-27(42)18-15-26)44-30(37-47-46-24(3)48(37)41)21-28(50)10-5-4-6-20-43-32(51)19-16-25-9-7-11-29-35(25)40(55)49(39(29)54)31-12-8-13-33(52)45-38(31)53/h7,9,11,14-15,17-18,30-31H,4-6,8,10,12-13,16,19-21H2,1-3H3,(H,43,51)(H,45,52,53)/t30-,31-/m0/s1. The Morgan fingerprint density at radius 2 is 1.73 bits per heavy atom. The Morgan fingerprint density at radius 3 is 2.52 bits per heavy atom. The molecule has 3 aliphatic heterocycles. The molecule has 1 saturated heterocycles. The Labute approximate surface area is 332 Å². The summed E-state index contributed by atoms with van der Waals surface area (Å²) in [7, 11) is 0. The van der Waals surface area contributed by atoms with Crippen molar-refractivity contribution in [2.24, 2.45) is 4.99 Å². The lowest BCUT2D eigenvalue weighted by Gasteiger charge is -2.23. The largest absolute Gasteiger partial charge is 0.356 e. The third kappa shape index (κ3) is 7.72. The van der Waals surface area contributed by atoms with Crippen LogP contribution in [0.15, 0.2) is 47.5 Å². The van der Waals surface area contributed by atoms with Gasteiger partial charge in [-0.2, -0.15) is 0 Å². The van der Waals surface area contributed by atoms with E-state index in [4.69, 9.17) is 16.6 Å². The van der Waals surface area contributed by atoms with E-state index in [1.54, 1.807) is 29.5 Å². The molecule has 0 saturated carbocycles. The first-order valence-corrected chi connectivity index (χ1v) is 20.1. The minimum absolute atomic E-state index is 0.0683. The molecule has 0 unspecified atom stereocenters. The van der Waals surface area contributed by atoms with Gasteiger partial charge >= 0.3 is 0 Å². The first-order valence-electron chi connectivity index (χ1n) is 18.9. The van der Waals surface area contributed by atoms with E-state index in [0.29, 0.717) is 48.6 Å². The van der Waals surface area contributed by atoms with Crippen molar-refractivity contribution in [1.29, 1.82) is 0 Å². The number of amides is 5. The van der Waals surface area contributed by atoms with Crippen LogP contribution in [-0.4, -0.2) is 73.3 Å². The molecule has 7 rings (SSSR count). The molecule has 2 aromatic carbocycles. The molecule has 0 spiro atoms. The number of Topliss-reactive ketones (excluding diaryl/α,β-unsaturated/α-hetero) is 1. The number of hydrogen-bond donors (Lipinski definition) is 2. The topological polar surface area (TPSA) is 173 Å². The molecular formula is C41H42ClN7O6S. The number of fused-ring (bicyclic) bond motifs is 4. The quantitative estimate of drug-likeness (QED) is 0.125. The van der Waals surface area contributed by atoms with Crippen LogP contribution in [0.5, 0.6) is 0 Å². The summed E-state index contributed by atoms with van der Waals surface area (Å²) in [5, 5.41) is 15.7. The number of ketones is 1. The van der Waals surface area contributed by atoms with E-state index in [-0.39, 0.29) is 54.9 Å². The smallest absolute Gasteiger partial charge is 0.262 e. The van der Waals surface area contributed by atoms with Crippen molar-refractivity contribution in [3.05, 3.63) is 97.4 Å². The lowest BCUT2D eigenvalue weighted by atomic mass is 9.99. The highest BCUT2D eigenvalue weighted by atomic mass is 35.5. The van der Waals surface area contributed by atoms with Gasteiger partial charge in [-0.1, -0.05) is 42.3 Å². The minimum Gasteiger partial charge on any atom is -0.356 e. The number of aromatic nitrogens is 3. The first kappa shape index (κ1) is 38.9. The number of nitrogens with one attached hydrogen (secondary N) is 2. The fourth-order valence-electron chi connectivity index (χ4n) is 7.62. The van der Waals surface area contributed by atoms with Crippen molar-refractivity contribution in [3.63, 3.8) is 0 Å². The zero-order chi connectivity index (χ0) is 39.7. The number of rotatable bonds is 13. The summed E-state index contributed by atoms with van der Waals surface area (Å²) in [6.45, 7) is 6.52. The fourth-order valence-corrected chi connectivity index (χ4v) is 8.96. The van der Waals surface area contributed by atoms with Gasteiger partial charge in [0.1, 0.15) is 28.7 Å². The van der Waals surface area contributed by atoms with Gasteiger partial charge in [0.15, 0.2) is 5.82 Å². The highest BCUT2D eigenvalue weighted by Gasteiger charge is 2.44. The van der Waals surface area contributed by atoms with Crippen LogP contribution in [0.3, 0.4) is 0 Å². The summed E-state index contributed by atoms with van der Waals surface area (Å²) in [6.07, 6.45) is 3.68. The van der Waals surface area contributed by atoms with Gasteiger partial charge in [-0.25, -0.2) is 0 Å². The molecule has 56 heavy (non-hydrogen) atoms. The second kappa shape index (κ2) is 16.4. The number of benzene rings is 2. The Bertz CT molecular complexity index is 2290. The molecule has 0 bridgehead atoms. The zero-order valence-corrected chi connectivity index (χ0v) is 33.0. The van der Waals surface area contributed by atoms with Crippen LogP contribution in [0, 0.1) is 20.8 Å². The summed E-state index contributed by atoms with van der Waals surface area (Å²) in [5.74, 6) is -1.00. The zero-order valence-electron chi connectivity index (χ0n) is 31.4. The molecule has 2 N–H and O–H groups in total. The van der Waals surface area contributed by atoms with E-state index in [2.05, 4.69) is 34.7 Å². The summed E-state index contributed by atoms with van der Waals surface area (Å²) >= 11 is 7.89. The highest BCUT2D eigenvalue weighted by Crippen LogP contribution is 2.40. The number of carbonyl (C=O) groups is 6. The van der Waals surface area contributed by atoms with Crippen LogP contribution in [0.1, 0.15) is 123 Å². The molecule has 5 heterocycles. The number of hydrogen-bond acceptors (Lipinski definition) is 10. The van der Waals surface area contributed by atoms with Gasteiger partial charge in [0.2, 0.25) is 17.7 Å². The third-order valence-electron chi connectivity index (χ3n) is 10.6. The Kier molecular flexibility index (Phi) is 11.4. The molecule has 1 fully saturated rings. The fraction of sp³-hybridized carbons (Fsp3) is 0.390. The Hall–Kier alpha value is -5.34. The molecule has 4 aromatic rings. The number of aryl methyl sites for hydroxylation is 3. The van der Waals surface area contributed by atoms with Crippen molar-refractivity contribution < 1.29 is 28.8 Å². The molecule has 290 valence electrons. The average Bonchev–Trinajstić information content (AvgIpc) is 3.69. The Morgan fingerprint density at radius 1 is 0.946 bits per heavy atom. The number of nitrogens with zero attached hydrogens (tertiary/aromatic N) is 5. The normalized spacial score (nSPS) is 17.8. The van der Waals surface area contributed by atoms with Crippen LogP contribution in [0.2, 0.25) is 5.02 Å². The van der Waals surface area contributed by atoms with Gasteiger partial charge in [0, 0.05) is 53.3 Å². The van der Waals surface area contributed by atoms with E-state index in [1.807, 2.05) is 35.8 Å². The van der Waals surface area contributed by atoms with Crippen molar-refractivity contribution in [1.82, 2.24) is 30.3 Å². The molecule has 2 atom stereocenters. The molecular weight excluding hydrogens is 754 g/mol. The van der Waals surface area contributed by atoms with Crippen LogP contribution in [-0.2, 0) is 25.6 Å². The molecule has 0 radical (unpaired) electrons. The van der Waals surface area contributed by atoms with Gasteiger partial charge < -0.3 is 5.32 Å². The number of aliphatic imine (C=N–C) groups is 1. The molecule has 0 aliphatic carbocycles. The van der Waals surface area contributed by atoms with Crippen molar-refractivity contribution >= 4 is 64.0 Å². The predicted octanol–water partition coefficient (Wildman–Crippen LogP) is 5.86. The lowest BCUT2D eigenvalue weighted by Crippen LogP contribution is -2.49. The van der Waals surface area contributed by atoms with Crippen molar-refractivity contribution in [3.8, 4) is 5.00 Å². The first-order chi connectivity index (χ1) is 26.9. The highest BCUT2D eigenvalue weighted by molar-refractivity contribution is 7.15. The van der Waals surface area contributed by atoms with Gasteiger partial charge in [0.05, 0.1) is 16.8 Å². The van der Waals surface area contributed by atoms with Gasteiger partial charge in [0.25, 0.3) is 11.8 Å². The average molecular weight is 796 g/mol. The van der Waals surface area contributed by atoms with Gasteiger partial charge in [-0.15, -0.1) is 21.5 Å². The molecule has 5 amide bonds. The number of thiophene rings is 1. The SMILES string of the molecule is Cc1sc2c(c1C)C(c1ccc(Cl)cc1)=N[C@@H](CC(=O)CCCCCNC(=O)CCc1cccc3c1C(=O)N([C@H]1CCCC(=O)NC1=O)C3=O)c1nnc(C)n1-2. The summed E-state index contributed by atoms with van der Waals surface area (Å²) < 4.78 is 2.03. The monoisotopic (exact) mass is 795 g/mol. The number of imide groups is 2. The molecule has 2 aromatic heterocycles. The van der Waals surface area contributed by atoms with Crippen molar-refractivity contribution in [2.75, 3.05) is 6.54 Å². The number of unbranched alkanes of at least 4 members (excludes halogenated alkanes) is 2. The van der Waals surface area contributed by atoms with E-state index >= 15 is 0 Å². The van der Waals surface area contributed by atoms with E-state index in [0.717, 1.165) is 44.5 Å². The second-order valence-corrected chi connectivity index (χ2v) is 16.1. The van der Waals surface area contributed by atoms with Crippen LogP contribution in [0.25, 0.3) is 5.00 Å². The molecule has 15 heteroatoms. The predicted molar refractivity (Wildman–Crippen MR) is 210 cm³/mol. The Balaban J connectivity index is 0.906. The summed E-state index contributed by atoms with van der Waals surface area (Å²) in [6, 6.07) is 10.9. The van der Waals surface area contributed by atoms with E-state index in [1.165, 1.54) is 4.88 Å². The lowest BCUT2D eigenvalue weighted by molar-refractivity contribution is -0.131. The number of carbonyl (C=O) groups excluding carboxylic acids is 6. The van der Waals surface area contributed by atoms with Crippen LogP contribution < -0.4 is 10.6 Å². The van der Waals surface area contributed by atoms with E-state index in [9.17, 15) is 28.8 Å². The third-order valence-corrected chi connectivity index (χ3v) is 12.1. The minimum atomic E-state index is -1.06. The van der Waals surface area contributed by atoms with E-state index < -0.39 is 35.7 Å². The summed E-state index contributed by atoms with van der Waals surface area (Å²) in [5.41, 5.74) is 4.80. The summed E-state index contributed by atoms with van der Waals surface area (Å²) in [4.78, 5) is 84.6. The maximum absolute atomic E-state index is 13.5. The molecule has 13 nitrogen and oxygen atoms in total. The maximum Gasteiger partial charge on any atom is 0.262 e. The van der Waals surface area contributed by atoms with Gasteiger partial charge in [-0.05, 0) is 82.2 Å². The maximum atomic E-state index is 13.5. The van der Waals surface area contributed by atoms with Gasteiger partial charge in [-0.3, -0.25) is 48.5 Å². The van der Waals surface area contributed by atoms with Crippen molar-refractivity contribution in [2.45, 2.75) is 97.1 Å². The molecule has 3 aliphatic rings. The second-order valence-electron chi connectivity index (χ2n) is 14.4. The number of halogens is 1.